The summed E-state index contributed by atoms with van der Waals surface area (Å²) in [5.41, 5.74) is 1.07. The first-order chi connectivity index (χ1) is 12.8. The average molecular weight is 408 g/mol. The average Bonchev–Trinajstić information content (AvgIpc) is 2.88. The van der Waals surface area contributed by atoms with Gasteiger partial charge in [-0.25, -0.2) is 0 Å². The second kappa shape index (κ2) is 7.53. The largest absolute Gasteiger partial charge is 0.471 e. The molecule has 1 aliphatic heterocycles. The molecule has 0 unspecified atom stereocenters. The standard InChI is InChI=1S/C18H11F3N2O2S2/c19-18(20,21)16(25)22-12-6-4-5-11(9-12)10-14-15(24)23(17(26)27-14)13-7-2-1-3-8-13/h1-10H,(H,22,25)/b14-10-. The van der Waals surface area contributed by atoms with Crippen molar-refractivity contribution in [3.63, 3.8) is 0 Å². The molecule has 1 N–H and O–H groups in total. The molecule has 3 rings (SSSR count). The van der Waals surface area contributed by atoms with E-state index in [0.29, 0.717) is 20.5 Å². The SMILES string of the molecule is O=C1/C(=C/c2cccc(NC(=O)C(F)(F)F)c2)SC(=S)N1c1ccccc1. The van der Waals surface area contributed by atoms with Crippen molar-refractivity contribution in [1.29, 1.82) is 0 Å². The van der Waals surface area contributed by atoms with Gasteiger partial charge in [0.25, 0.3) is 5.91 Å². The molecule has 2 aromatic rings. The number of hydrogen-bond acceptors (Lipinski definition) is 4. The summed E-state index contributed by atoms with van der Waals surface area (Å²) in [6.07, 6.45) is -3.46. The Kier molecular flexibility index (Phi) is 5.33. The zero-order chi connectivity index (χ0) is 19.6. The smallest absolute Gasteiger partial charge is 0.318 e. The van der Waals surface area contributed by atoms with Gasteiger partial charge in [0, 0.05) is 5.69 Å². The highest BCUT2D eigenvalue weighted by Gasteiger charge is 2.38. The van der Waals surface area contributed by atoms with Crippen molar-refractivity contribution in [1.82, 2.24) is 0 Å². The fourth-order valence-electron chi connectivity index (χ4n) is 2.33. The number of alkyl halides is 3. The minimum absolute atomic E-state index is 0.0235. The third-order valence-electron chi connectivity index (χ3n) is 3.51. The molecule has 0 saturated carbocycles. The number of benzene rings is 2. The lowest BCUT2D eigenvalue weighted by molar-refractivity contribution is -0.167. The van der Waals surface area contributed by atoms with Crippen LogP contribution in [-0.2, 0) is 9.59 Å². The van der Waals surface area contributed by atoms with Gasteiger partial charge in [0.05, 0.1) is 10.6 Å². The number of amides is 2. The molecule has 1 fully saturated rings. The molecule has 1 saturated heterocycles. The Morgan fingerprint density at radius 2 is 1.81 bits per heavy atom. The van der Waals surface area contributed by atoms with Gasteiger partial charge < -0.3 is 5.32 Å². The van der Waals surface area contributed by atoms with E-state index in [9.17, 15) is 22.8 Å². The van der Waals surface area contributed by atoms with E-state index in [1.807, 2.05) is 6.07 Å². The summed E-state index contributed by atoms with van der Waals surface area (Å²) in [5.74, 6) is -2.38. The fourth-order valence-corrected chi connectivity index (χ4v) is 3.63. The van der Waals surface area contributed by atoms with Crippen LogP contribution < -0.4 is 10.2 Å². The number of carbonyl (C=O) groups is 2. The van der Waals surface area contributed by atoms with E-state index in [1.54, 1.807) is 35.6 Å². The van der Waals surface area contributed by atoms with Crippen LogP contribution in [0.1, 0.15) is 5.56 Å². The van der Waals surface area contributed by atoms with Crippen LogP contribution in [0.4, 0.5) is 24.5 Å². The van der Waals surface area contributed by atoms with Crippen LogP contribution in [0.5, 0.6) is 0 Å². The second-order valence-electron chi connectivity index (χ2n) is 5.43. The molecule has 0 aliphatic carbocycles. The first-order valence-corrected chi connectivity index (χ1v) is 8.79. The van der Waals surface area contributed by atoms with Gasteiger partial charge in [0.2, 0.25) is 0 Å². The Morgan fingerprint density at radius 1 is 1.11 bits per heavy atom. The molecule has 2 aromatic carbocycles. The number of thioether (sulfide) groups is 1. The van der Waals surface area contributed by atoms with Crippen molar-refractivity contribution in [2.45, 2.75) is 6.18 Å². The summed E-state index contributed by atoms with van der Waals surface area (Å²) < 4.78 is 37.5. The third kappa shape index (κ3) is 4.37. The first-order valence-electron chi connectivity index (χ1n) is 7.57. The van der Waals surface area contributed by atoms with Gasteiger partial charge in [0.15, 0.2) is 4.32 Å². The molecule has 2 amide bonds. The maximum Gasteiger partial charge on any atom is 0.471 e. The zero-order valence-electron chi connectivity index (χ0n) is 13.5. The fraction of sp³-hybridized carbons (Fsp3) is 0.0556. The maximum atomic E-state index is 12.6. The molecule has 9 heteroatoms. The van der Waals surface area contributed by atoms with Crippen molar-refractivity contribution < 1.29 is 22.8 Å². The first kappa shape index (κ1) is 19.1. The Morgan fingerprint density at radius 3 is 2.48 bits per heavy atom. The summed E-state index contributed by atoms with van der Waals surface area (Å²) in [5, 5.41) is 1.78. The van der Waals surface area contributed by atoms with E-state index in [2.05, 4.69) is 0 Å². The van der Waals surface area contributed by atoms with Gasteiger partial charge in [-0.3, -0.25) is 14.5 Å². The van der Waals surface area contributed by atoms with Crippen LogP contribution in [0.3, 0.4) is 0 Å². The minimum Gasteiger partial charge on any atom is -0.318 e. The van der Waals surface area contributed by atoms with Gasteiger partial charge in [0.1, 0.15) is 0 Å². The van der Waals surface area contributed by atoms with Crippen molar-refractivity contribution in [3.05, 3.63) is 65.1 Å². The Balaban J connectivity index is 1.83. The number of halogens is 3. The maximum absolute atomic E-state index is 12.6. The van der Waals surface area contributed by atoms with Crippen LogP contribution in [0.25, 0.3) is 6.08 Å². The highest BCUT2D eigenvalue weighted by molar-refractivity contribution is 8.27. The number of nitrogens with one attached hydrogen (secondary N) is 1. The lowest BCUT2D eigenvalue weighted by Gasteiger charge is -2.13. The molecule has 0 bridgehead atoms. The van der Waals surface area contributed by atoms with E-state index < -0.39 is 12.1 Å². The van der Waals surface area contributed by atoms with Gasteiger partial charge in [-0.2, -0.15) is 13.2 Å². The summed E-state index contributed by atoms with van der Waals surface area (Å²) in [6, 6.07) is 14.7. The highest BCUT2D eigenvalue weighted by atomic mass is 32.2. The van der Waals surface area contributed by atoms with E-state index in [-0.39, 0.29) is 11.6 Å². The molecule has 1 heterocycles. The lowest BCUT2D eigenvalue weighted by Crippen LogP contribution is -2.29. The normalized spacial score (nSPS) is 16.1. The topological polar surface area (TPSA) is 49.4 Å². The number of nitrogens with zero attached hydrogens (tertiary/aromatic N) is 1. The number of hydrogen-bond donors (Lipinski definition) is 1. The monoisotopic (exact) mass is 408 g/mol. The zero-order valence-corrected chi connectivity index (χ0v) is 15.1. The molecular formula is C18H11F3N2O2S2. The number of para-hydroxylation sites is 1. The van der Waals surface area contributed by atoms with Gasteiger partial charge in [-0.05, 0) is 35.9 Å². The highest BCUT2D eigenvalue weighted by Crippen LogP contribution is 2.36. The quantitative estimate of drug-likeness (QED) is 0.596. The van der Waals surface area contributed by atoms with E-state index >= 15 is 0 Å². The van der Waals surface area contributed by atoms with E-state index in [0.717, 1.165) is 11.8 Å². The van der Waals surface area contributed by atoms with Crippen molar-refractivity contribution in [2.24, 2.45) is 0 Å². The van der Waals surface area contributed by atoms with E-state index in [4.69, 9.17) is 12.2 Å². The molecule has 138 valence electrons. The summed E-state index contributed by atoms with van der Waals surface area (Å²) in [4.78, 5) is 25.4. The lowest BCUT2D eigenvalue weighted by atomic mass is 10.1. The molecule has 0 aromatic heterocycles. The Bertz CT molecular complexity index is 943. The molecule has 1 aliphatic rings. The van der Waals surface area contributed by atoms with Crippen molar-refractivity contribution in [3.8, 4) is 0 Å². The van der Waals surface area contributed by atoms with Crippen LogP contribution in [-0.4, -0.2) is 22.3 Å². The second-order valence-corrected chi connectivity index (χ2v) is 7.11. The number of thiocarbonyl (C=S) groups is 1. The third-order valence-corrected chi connectivity index (χ3v) is 4.81. The van der Waals surface area contributed by atoms with Gasteiger partial charge in [-0.15, -0.1) is 0 Å². The predicted molar refractivity (Wildman–Crippen MR) is 103 cm³/mol. The number of anilines is 2. The Labute approximate surface area is 162 Å². The number of rotatable bonds is 3. The molecule has 4 nitrogen and oxygen atoms in total. The van der Waals surface area contributed by atoms with Crippen LogP contribution in [0.2, 0.25) is 0 Å². The van der Waals surface area contributed by atoms with Crippen molar-refractivity contribution >= 4 is 57.6 Å². The van der Waals surface area contributed by atoms with Crippen LogP contribution >= 0.6 is 24.0 Å². The predicted octanol–water partition coefficient (Wildman–Crippen LogP) is 4.59. The molecule has 0 radical (unpaired) electrons. The van der Waals surface area contributed by atoms with Crippen LogP contribution in [0.15, 0.2) is 59.5 Å². The Hall–Kier alpha value is -2.65. The van der Waals surface area contributed by atoms with Crippen molar-refractivity contribution in [2.75, 3.05) is 10.2 Å². The van der Waals surface area contributed by atoms with Gasteiger partial charge in [-0.1, -0.05) is 54.3 Å². The number of carbonyl (C=O) groups excluding carboxylic acids is 2. The summed E-state index contributed by atoms with van der Waals surface area (Å²) in [6.45, 7) is 0. The molecule has 0 atom stereocenters. The van der Waals surface area contributed by atoms with E-state index in [1.165, 1.54) is 29.2 Å². The van der Waals surface area contributed by atoms with Crippen LogP contribution in [0, 0.1) is 0 Å². The molecular weight excluding hydrogens is 397 g/mol. The summed E-state index contributed by atoms with van der Waals surface area (Å²) in [7, 11) is 0. The van der Waals surface area contributed by atoms with Gasteiger partial charge >= 0.3 is 12.1 Å². The minimum atomic E-state index is -4.98. The molecule has 27 heavy (non-hydrogen) atoms. The summed E-state index contributed by atoms with van der Waals surface area (Å²) >= 11 is 6.36. The molecule has 0 spiro atoms.